The molecule has 10 nitrogen and oxygen atoms in total. The van der Waals surface area contributed by atoms with Crippen LogP contribution in [0, 0.1) is 17.3 Å². The van der Waals surface area contributed by atoms with E-state index in [1.807, 2.05) is 6.92 Å². The van der Waals surface area contributed by atoms with Gasteiger partial charge in [-0.15, -0.1) is 11.6 Å². The van der Waals surface area contributed by atoms with Crippen molar-refractivity contribution in [1.82, 2.24) is 0 Å². The summed E-state index contributed by atoms with van der Waals surface area (Å²) in [5.74, 6) is -5.87. The van der Waals surface area contributed by atoms with Crippen LogP contribution in [0.2, 0.25) is 0 Å². The van der Waals surface area contributed by atoms with Crippen LogP contribution in [0.3, 0.4) is 0 Å². The number of ether oxygens (including phenoxy) is 5. The average Bonchev–Trinajstić information content (AvgIpc) is 3.33. The molecule has 1 unspecified atom stereocenters. The Bertz CT molecular complexity index is 1020. The van der Waals surface area contributed by atoms with E-state index in [4.69, 9.17) is 35.3 Å². The van der Waals surface area contributed by atoms with Crippen LogP contribution in [0.15, 0.2) is 12.2 Å². The van der Waals surface area contributed by atoms with Crippen LogP contribution in [0.5, 0.6) is 0 Å². The zero-order valence-corrected chi connectivity index (χ0v) is 21.0. The summed E-state index contributed by atoms with van der Waals surface area (Å²) >= 11 is 6.68. The normalized spacial score (nSPS) is 54.3. The molecule has 2 bridgehead atoms. The highest BCUT2D eigenvalue weighted by Gasteiger charge is 2.81. The molecule has 4 saturated heterocycles. The minimum absolute atomic E-state index is 0.0136. The topological polar surface area (TPSA) is 141 Å². The number of halogens is 1. The molecule has 4 aliphatic heterocycles. The molecule has 2 N–H and O–H groups in total. The van der Waals surface area contributed by atoms with Gasteiger partial charge in [0.1, 0.15) is 17.8 Å². The van der Waals surface area contributed by atoms with Gasteiger partial charge in [-0.05, 0) is 13.8 Å². The van der Waals surface area contributed by atoms with Gasteiger partial charge in [0.2, 0.25) is 0 Å². The van der Waals surface area contributed by atoms with Gasteiger partial charge in [-0.1, -0.05) is 13.5 Å². The van der Waals surface area contributed by atoms with Crippen LogP contribution in [0.4, 0.5) is 0 Å². The first-order valence-electron chi connectivity index (χ1n) is 11.8. The van der Waals surface area contributed by atoms with Crippen molar-refractivity contribution in [2.24, 2.45) is 17.3 Å². The van der Waals surface area contributed by atoms with Gasteiger partial charge in [0, 0.05) is 38.2 Å². The summed E-state index contributed by atoms with van der Waals surface area (Å²) in [5, 5.41) is 22.9. The molecule has 0 radical (unpaired) electrons. The van der Waals surface area contributed by atoms with Crippen LogP contribution in [-0.2, 0) is 38.1 Å². The lowest BCUT2D eigenvalue weighted by Gasteiger charge is -2.61. The van der Waals surface area contributed by atoms with Crippen LogP contribution < -0.4 is 0 Å². The lowest BCUT2D eigenvalue weighted by molar-refractivity contribution is -0.349. The van der Waals surface area contributed by atoms with Gasteiger partial charge in [-0.3, -0.25) is 14.4 Å². The van der Waals surface area contributed by atoms with Gasteiger partial charge in [0.25, 0.3) is 0 Å². The highest BCUT2D eigenvalue weighted by molar-refractivity contribution is 6.23. The molecule has 1 spiro atoms. The van der Waals surface area contributed by atoms with Crippen LogP contribution in [0.25, 0.3) is 0 Å². The molecule has 11 heteroatoms. The van der Waals surface area contributed by atoms with E-state index < -0.39 is 81.9 Å². The molecule has 35 heavy (non-hydrogen) atoms. The maximum absolute atomic E-state index is 12.8. The first-order valence-corrected chi connectivity index (χ1v) is 12.2. The highest BCUT2D eigenvalue weighted by Crippen LogP contribution is 2.67. The van der Waals surface area contributed by atoms with E-state index in [1.54, 1.807) is 13.8 Å². The largest absolute Gasteiger partial charge is 0.462 e. The highest BCUT2D eigenvalue weighted by atomic mass is 35.5. The Kier molecular flexibility index (Phi) is 5.28. The van der Waals surface area contributed by atoms with Crippen molar-refractivity contribution >= 4 is 29.5 Å². The van der Waals surface area contributed by atoms with E-state index in [-0.39, 0.29) is 18.1 Å². The Morgan fingerprint density at radius 1 is 1.17 bits per heavy atom. The third kappa shape index (κ3) is 3.06. The van der Waals surface area contributed by atoms with Crippen molar-refractivity contribution in [3.63, 3.8) is 0 Å². The predicted octanol–water partition coefficient (Wildman–Crippen LogP) is 0.981. The number of hydrogen-bond donors (Lipinski definition) is 2. The van der Waals surface area contributed by atoms with E-state index in [0.29, 0.717) is 6.42 Å². The number of carbonyl (C=O) groups excluding carboxylic acids is 3. The van der Waals surface area contributed by atoms with E-state index >= 15 is 0 Å². The molecule has 1 saturated carbocycles. The summed E-state index contributed by atoms with van der Waals surface area (Å²) in [6.07, 6.45) is -4.95. The number of aliphatic hydroxyl groups is 2. The Morgan fingerprint density at radius 2 is 1.77 bits per heavy atom. The lowest BCUT2D eigenvalue weighted by atomic mass is 9.51. The van der Waals surface area contributed by atoms with E-state index in [2.05, 4.69) is 6.58 Å². The molecule has 1 aliphatic carbocycles. The van der Waals surface area contributed by atoms with Gasteiger partial charge < -0.3 is 33.9 Å². The first-order chi connectivity index (χ1) is 16.1. The molecule has 5 aliphatic rings. The minimum atomic E-state index is -2.18. The number of fused-ring (bicyclic) bond motifs is 4. The summed E-state index contributed by atoms with van der Waals surface area (Å²) in [6, 6.07) is 0. The molecule has 5 rings (SSSR count). The fourth-order valence-electron chi connectivity index (χ4n) is 7.23. The van der Waals surface area contributed by atoms with E-state index in [9.17, 15) is 24.6 Å². The smallest absolute Gasteiger partial charge is 0.312 e. The number of aliphatic hydroxyl groups excluding tert-OH is 1. The number of esters is 3. The Hall–Kier alpha value is -1.72. The second-order valence-corrected chi connectivity index (χ2v) is 11.4. The molecule has 194 valence electrons. The molecule has 0 aromatic heterocycles. The second-order valence-electron chi connectivity index (χ2n) is 11.0. The second kappa shape index (κ2) is 7.41. The maximum Gasteiger partial charge on any atom is 0.312 e. The fraction of sp³-hybridized carbons (Fsp3) is 0.792. The molecule has 0 aromatic rings. The number of epoxide rings is 1. The standard InChI is InChI=1S/C24H31ClO10/c1-9-16(25)19-24(10(2)20(29)33-19)18(28)17-21(5,15(32-12(4)27)8-23(9,30)35-24)13(31-11(3)26)7-14-22(17,6)34-14/h10,13-19,28,30H,1,7-8H2,2-6H3/t10-,13-,14-,15+,16-,17+,18+,19-,21+,22-,23?,24+/m0/s1. The predicted molar refractivity (Wildman–Crippen MR) is 118 cm³/mol. The molecule has 0 aromatic carbocycles. The SMILES string of the molecule is C=C1[C@H](Cl)[C@@H]2OC(=O)[C@H](C)[C@]23OC1(O)C[C@@H](OC(C)=O)[C@@]1(C)[C@@H](OC(C)=O)C[C@@H]2O[C@]2(C)[C@@H]1[C@H]3O. The summed E-state index contributed by atoms with van der Waals surface area (Å²) in [6.45, 7) is 11.5. The number of rotatable bonds is 2. The van der Waals surface area contributed by atoms with Gasteiger partial charge in [0.05, 0.1) is 34.5 Å². The van der Waals surface area contributed by atoms with E-state index in [0.717, 1.165) is 0 Å². The van der Waals surface area contributed by atoms with Crippen molar-refractivity contribution < 1.29 is 48.3 Å². The van der Waals surface area contributed by atoms with Crippen LogP contribution in [-0.4, -0.2) is 81.0 Å². The molecule has 12 atom stereocenters. The summed E-state index contributed by atoms with van der Waals surface area (Å²) < 4.78 is 29.4. The maximum atomic E-state index is 12.8. The first kappa shape index (κ1) is 25.0. The minimum Gasteiger partial charge on any atom is -0.462 e. The lowest BCUT2D eigenvalue weighted by Crippen LogP contribution is -2.76. The van der Waals surface area contributed by atoms with Crippen molar-refractivity contribution in [2.45, 2.75) is 100 Å². The number of carbonyl (C=O) groups is 3. The monoisotopic (exact) mass is 514 g/mol. The van der Waals surface area contributed by atoms with Crippen LogP contribution in [0.1, 0.15) is 47.5 Å². The molecular formula is C24H31ClO10. The zero-order valence-electron chi connectivity index (χ0n) is 20.3. The van der Waals surface area contributed by atoms with E-state index in [1.165, 1.54) is 13.8 Å². The number of alkyl halides is 1. The van der Waals surface area contributed by atoms with Gasteiger partial charge in [-0.25, -0.2) is 0 Å². The zero-order chi connectivity index (χ0) is 25.9. The third-order valence-corrected chi connectivity index (χ3v) is 9.59. The average molecular weight is 515 g/mol. The fourth-order valence-corrected chi connectivity index (χ4v) is 7.65. The Morgan fingerprint density at radius 3 is 2.37 bits per heavy atom. The molecular weight excluding hydrogens is 484 g/mol. The molecule has 5 fully saturated rings. The Balaban J connectivity index is 1.76. The van der Waals surface area contributed by atoms with Crippen LogP contribution >= 0.6 is 11.6 Å². The summed E-state index contributed by atoms with van der Waals surface area (Å²) in [7, 11) is 0. The van der Waals surface area contributed by atoms with Gasteiger partial charge in [-0.2, -0.15) is 0 Å². The molecule has 0 amide bonds. The Labute approximate surface area is 207 Å². The molecule has 4 heterocycles. The van der Waals surface area contributed by atoms with Crippen molar-refractivity contribution in [1.29, 1.82) is 0 Å². The third-order valence-electron chi connectivity index (χ3n) is 9.10. The van der Waals surface area contributed by atoms with Crippen molar-refractivity contribution in [2.75, 3.05) is 0 Å². The van der Waals surface area contributed by atoms with Gasteiger partial charge in [0.15, 0.2) is 11.9 Å². The van der Waals surface area contributed by atoms with Gasteiger partial charge >= 0.3 is 17.9 Å². The van der Waals surface area contributed by atoms with Crippen molar-refractivity contribution in [3.8, 4) is 0 Å². The number of hydrogen-bond acceptors (Lipinski definition) is 10. The summed E-state index contributed by atoms with van der Waals surface area (Å²) in [5.41, 5.74) is -3.91. The van der Waals surface area contributed by atoms with Crippen molar-refractivity contribution in [3.05, 3.63) is 12.2 Å². The summed E-state index contributed by atoms with van der Waals surface area (Å²) in [4.78, 5) is 37.2. The quantitative estimate of drug-likeness (QED) is 0.180.